The molecule has 1 saturated heterocycles. The summed E-state index contributed by atoms with van der Waals surface area (Å²) in [5.74, 6) is -0.177. The van der Waals surface area contributed by atoms with E-state index < -0.39 is 5.60 Å². The van der Waals surface area contributed by atoms with Gasteiger partial charge in [0.05, 0.1) is 7.11 Å². The predicted octanol–water partition coefficient (Wildman–Crippen LogP) is 2.88. The zero-order valence-corrected chi connectivity index (χ0v) is 16.5. The third kappa shape index (κ3) is 4.66. The maximum atomic E-state index is 14.1. The molecule has 27 heavy (non-hydrogen) atoms. The Bertz CT molecular complexity index is 784. The van der Waals surface area contributed by atoms with Crippen molar-refractivity contribution in [2.24, 2.45) is 0 Å². The van der Waals surface area contributed by atoms with E-state index in [1.165, 1.54) is 18.1 Å². The fraction of sp³-hybridized carbons (Fsp3) is 0.450. The second-order valence-corrected chi connectivity index (χ2v) is 8.10. The number of carbonyl (C=O) groups excluding carboxylic acids is 1. The Morgan fingerprint density at radius 3 is 2.93 bits per heavy atom. The number of hydrogen-bond acceptors (Lipinski definition) is 5. The summed E-state index contributed by atoms with van der Waals surface area (Å²) in [6, 6.07) is 8.50. The lowest BCUT2D eigenvalue weighted by molar-refractivity contribution is -0.160. The minimum Gasteiger partial charge on any atom is -0.497 e. The molecule has 7 heteroatoms. The van der Waals surface area contributed by atoms with Crippen molar-refractivity contribution < 1.29 is 19.0 Å². The number of likely N-dealkylation sites (N-methyl/N-ethyl adjacent to an activating group) is 1. The molecule has 1 atom stereocenters. The molecule has 146 valence electrons. The second-order valence-electron chi connectivity index (χ2n) is 7.07. The van der Waals surface area contributed by atoms with Crippen LogP contribution in [0.15, 0.2) is 35.7 Å². The summed E-state index contributed by atoms with van der Waals surface area (Å²) in [7, 11) is 3.41. The molecule has 0 spiro atoms. The molecule has 1 fully saturated rings. The van der Waals surface area contributed by atoms with Crippen LogP contribution in [0.4, 0.5) is 4.39 Å². The highest BCUT2D eigenvalue weighted by atomic mass is 32.1. The summed E-state index contributed by atoms with van der Waals surface area (Å²) < 4.78 is 19.3. The minimum atomic E-state index is -1.44. The molecule has 1 amide bonds. The van der Waals surface area contributed by atoms with Gasteiger partial charge in [-0.2, -0.15) is 0 Å². The number of piperidine rings is 1. The van der Waals surface area contributed by atoms with Crippen molar-refractivity contribution in [2.75, 3.05) is 27.2 Å². The van der Waals surface area contributed by atoms with Crippen molar-refractivity contribution in [1.82, 2.24) is 9.80 Å². The molecular weight excluding hydrogens is 367 g/mol. The van der Waals surface area contributed by atoms with Crippen molar-refractivity contribution in [3.8, 4) is 5.75 Å². The fourth-order valence-electron chi connectivity index (χ4n) is 3.54. The van der Waals surface area contributed by atoms with E-state index in [0.717, 1.165) is 0 Å². The Morgan fingerprint density at radius 1 is 1.41 bits per heavy atom. The molecule has 3 rings (SSSR count). The highest BCUT2D eigenvalue weighted by Gasteiger charge is 2.43. The summed E-state index contributed by atoms with van der Waals surface area (Å²) >= 11 is 1.65. The quantitative estimate of drug-likeness (QED) is 0.787. The number of aliphatic hydroxyl groups is 1. The number of likely N-dealkylation sites (tertiary alicyclic amines) is 1. The topological polar surface area (TPSA) is 53.0 Å². The summed E-state index contributed by atoms with van der Waals surface area (Å²) in [5.41, 5.74) is -1.06. The summed E-state index contributed by atoms with van der Waals surface area (Å²) in [6.45, 7) is 1.56. The smallest absolute Gasteiger partial charge is 0.256 e. The lowest BCUT2D eigenvalue weighted by Crippen LogP contribution is -2.57. The van der Waals surface area contributed by atoms with E-state index in [2.05, 4.69) is 0 Å². The zero-order valence-electron chi connectivity index (χ0n) is 15.7. The third-order valence-corrected chi connectivity index (χ3v) is 5.72. The molecule has 1 aliphatic heterocycles. The normalized spacial score (nSPS) is 20.3. The van der Waals surface area contributed by atoms with Crippen LogP contribution in [0, 0.1) is 5.82 Å². The molecule has 1 aliphatic rings. The zero-order chi connectivity index (χ0) is 19.4. The Hall–Kier alpha value is -1.96. The van der Waals surface area contributed by atoms with Gasteiger partial charge in [0.1, 0.15) is 11.6 Å². The number of nitrogens with zero attached hydrogens (tertiary/aromatic N) is 2. The Balaban J connectivity index is 1.69. The summed E-state index contributed by atoms with van der Waals surface area (Å²) in [5, 5.41) is 13.0. The van der Waals surface area contributed by atoms with Crippen LogP contribution in [0.2, 0.25) is 0 Å². The molecule has 0 aliphatic carbocycles. The van der Waals surface area contributed by atoms with Crippen LogP contribution >= 0.6 is 11.3 Å². The number of hydrogen-bond donors (Lipinski definition) is 1. The molecule has 0 radical (unpaired) electrons. The van der Waals surface area contributed by atoms with Crippen molar-refractivity contribution in [2.45, 2.75) is 31.5 Å². The molecule has 5 nitrogen and oxygen atoms in total. The monoisotopic (exact) mass is 392 g/mol. The van der Waals surface area contributed by atoms with Gasteiger partial charge in [0.25, 0.3) is 5.91 Å². The second kappa shape index (κ2) is 8.37. The SMILES string of the molecule is COc1ccc(F)c(CN2CCC[C@@](O)(CN(C)Cc3cccs3)C2=O)c1. The Labute approximate surface area is 163 Å². The Kier molecular flexibility index (Phi) is 6.14. The van der Waals surface area contributed by atoms with Crippen molar-refractivity contribution in [3.63, 3.8) is 0 Å². The first-order chi connectivity index (χ1) is 12.9. The van der Waals surface area contributed by atoms with E-state index >= 15 is 0 Å². The third-order valence-electron chi connectivity index (χ3n) is 4.86. The number of ether oxygens (including phenoxy) is 1. The molecule has 1 aromatic heterocycles. The highest BCUT2D eigenvalue weighted by molar-refractivity contribution is 7.09. The molecule has 1 aromatic carbocycles. The molecule has 0 bridgehead atoms. The van der Waals surface area contributed by atoms with Gasteiger partial charge >= 0.3 is 0 Å². The largest absolute Gasteiger partial charge is 0.497 e. The van der Waals surface area contributed by atoms with Crippen LogP contribution in [0.5, 0.6) is 5.75 Å². The number of rotatable bonds is 7. The van der Waals surface area contributed by atoms with Gasteiger partial charge < -0.3 is 14.7 Å². The number of carbonyl (C=O) groups is 1. The van der Waals surface area contributed by atoms with Gasteiger partial charge in [0.2, 0.25) is 0 Å². The van der Waals surface area contributed by atoms with Gasteiger partial charge in [-0.3, -0.25) is 9.69 Å². The van der Waals surface area contributed by atoms with Gasteiger partial charge in [-0.1, -0.05) is 6.07 Å². The predicted molar refractivity (Wildman–Crippen MR) is 103 cm³/mol. The lowest BCUT2D eigenvalue weighted by Gasteiger charge is -2.40. The average Bonchev–Trinajstić information content (AvgIpc) is 3.13. The number of methoxy groups -OCH3 is 1. The molecule has 0 saturated carbocycles. The van der Waals surface area contributed by atoms with E-state index in [-0.39, 0.29) is 24.8 Å². The molecular formula is C20H25FN2O3S. The van der Waals surface area contributed by atoms with Crippen LogP contribution in [-0.2, 0) is 17.9 Å². The van der Waals surface area contributed by atoms with Crippen LogP contribution in [0.3, 0.4) is 0 Å². The van der Waals surface area contributed by atoms with Crippen molar-refractivity contribution >= 4 is 17.2 Å². The minimum absolute atomic E-state index is 0.124. The first-order valence-electron chi connectivity index (χ1n) is 8.96. The number of benzene rings is 1. The summed E-state index contributed by atoms with van der Waals surface area (Å²) in [4.78, 5) is 17.6. The average molecular weight is 392 g/mol. The molecule has 2 aromatic rings. The van der Waals surface area contributed by atoms with E-state index in [9.17, 15) is 14.3 Å². The van der Waals surface area contributed by atoms with Crippen LogP contribution in [0.1, 0.15) is 23.3 Å². The van der Waals surface area contributed by atoms with E-state index in [0.29, 0.717) is 37.2 Å². The number of amides is 1. The van der Waals surface area contributed by atoms with Gasteiger partial charge in [-0.25, -0.2) is 4.39 Å². The first-order valence-corrected chi connectivity index (χ1v) is 9.84. The molecule has 1 N–H and O–H groups in total. The lowest BCUT2D eigenvalue weighted by atomic mass is 9.90. The standard InChI is InChI=1S/C20H25FN2O3S/c1-22(13-17-5-3-10-27-17)14-20(25)8-4-9-23(19(20)24)12-15-11-16(26-2)6-7-18(15)21/h3,5-7,10-11,25H,4,8-9,12-14H2,1-2H3/t20-/m1/s1. The summed E-state index contributed by atoms with van der Waals surface area (Å²) in [6.07, 6.45) is 1.10. The van der Waals surface area contributed by atoms with Crippen molar-refractivity contribution in [3.05, 3.63) is 52.0 Å². The van der Waals surface area contributed by atoms with Crippen molar-refractivity contribution in [1.29, 1.82) is 0 Å². The number of halogens is 1. The van der Waals surface area contributed by atoms with Gasteiger partial charge in [-0.05, 0) is 49.5 Å². The van der Waals surface area contributed by atoms with Gasteiger partial charge in [-0.15, -0.1) is 11.3 Å². The maximum absolute atomic E-state index is 14.1. The van der Waals surface area contributed by atoms with Gasteiger partial charge in [0.15, 0.2) is 5.60 Å². The maximum Gasteiger partial charge on any atom is 0.256 e. The first kappa shape index (κ1) is 19.8. The Morgan fingerprint density at radius 2 is 2.22 bits per heavy atom. The molecule has 2 heterocycles. The number of thiophene rings is 1. The van der Waals surface area contributed by atoms with E-state index in [1.54, 1.807) is 28.4 Å². The van der Waals surface area contributed by atoms with E-state index in [4.69, 9.17) is 4.74 Å². The van der Waals surface area contributed by atoms with Crippen LogP contribution < -0.4 is 4.74 Å². The van der Waals surface area contributed by atoms with Crippen LogP contribution in [0.25, 0.3) is 0 Å². The van der Waals surface area contributed by atoms with Crippen LogP contribution in [-0.4, -0.2) is 53.7 Å². The van der Waals surface area contributed by atoms with Gasteiger partial charge in [0, 0.05) is 36.6 Å². The van der Waals surface area contributed by atoms with E-state index in [1.807, 2.05) is 29.5 Å². The highest BCUT2D eigenvalue weighted by Crippen LogP contribution is 2.27. The fourth-order valence-corrected chi connectivity index (χ4v) is 4.32. The molecule has 0 unspecified atom stereocenters.